The normalized spacial score (nSPS) is 16.9. The zero-order chi connectivity index (χ0) is 43.4. The van der Waals surface area contributed by atoms with E-state index in [1.807, 2.05) is 39.1 Å². The summed E-state index contributed by atoms with van der Waals surface area (Å²) in [5, 5.41) is 4.46. The fourth-order valence-corrected chi connectivity index (χ4v) is 7.38. The molecule has 1 aliphatic rings. The maximum Gasteiger partial charge on any atom is 0.128 e. The molecule has 0 N–H and O–H groups in total. The van der Waals surface area contributed by atoms with E-state index < -0.39 is 24.5 Å². The van der Waals surface area contributed by atoms with Crippen molar-refractivity contribution in [2.24, 2.45) is 10.8 Å². The SMILES string of the molecule is [2H]C([2H])([2H])c1ccc(-c2ccc(C([2H])([2H])C(C)(C)C)cn2)[c-]n1.[2H]C1(c2ccc(-c3ccnc(-c4[c-]ccc5c4oc4c6ccccc6ccc54)c3)cc2)CCC(C)(C)CC1.[Ir]. The van der Waals surface area contributed by atoms with Crippen molar-refractivity contribution in [1.29, 1.82) is 0 Å². The van der Waals surface area contributed by atoms with Gasteiger partial charge in [-0.1, -0.05) is 131 Å². The minimum atomic E-state index is -2.25. The molecule has 1 saturated carbocycles. The summed E-state index contributed by atoms with van der Waals surface area (Å²) in [5.41, 5.74) is 8.21. The number of furan rings is 1. The quantitative estimate of drug-likeness (QED) is 0.161. The maximum atomic E-state index is 9.11. The second kappa shape index (κ2) is 16.3. The van der Waals surface area contributed by atoms with Crippen LogP contribution in [0.4, 0.5) is 0 Å². The Bertz CT molecular complexity index is 2840. The summed E-state index contributed by atoms with van der Waals surface area (Å²) in [4.78, 5) is 12.8. The molecule has 1 fully saturated rings. The second-order valence-electron chi connectivity index (χ2n) is 16.3. The van der Waals surface area contributed by atoms with Crippen LogP contribution < -0.4 is 0 Å². The summed E-state index contributed by atoms with van der Waals surface area (Å²) < 4.78 is 54.0. The number of hydrogen-bond donors (Lipinski definition) is 0. The first kappa shape index (κ1) is 32.2. The number of hydrogen-bond acceptors (Lipinski definition) is 4. The molecule has 0 spiro atoms. The van der Waals surface area contributed by atoms with E-state index in [-0.39, 0.29) is 25.8 Å². The minimum Gasteiger partial charge on any atom is -0.500 e. The molecule has 4 aromatic carbocycles. The van der Waals surface area contributed by atoms with Crippen LogP contribution in [0.15, 0.2) is 126 Å². The molecule has 1 radical (unpaired) electrons. The molecule has 9 rings (SSSR count). The van der Waals surface area contributed by atoms with Crippen LogP contribution in [0.1, 0.15) is 91.2 Å². The number of rotatable bonds is 5. The Morgan fingerprint density at radius 2 is 1.61 bits per heavy atom. The van der Waals surface area contributed by atoms with Crippen LogP contribution in [0.2, 0.25) is 0 Å². The Kier molecular flexibility index (Phi) is 9.34. The molecule has 5 heteroatoms. The summed E-state index contributed by atoms with van der Waals surface area (Å²) in [5.74, 6) is -0.479. The molecule has 4 aromatic heterocycles. The van der Waals surface area contributed by atoms with Gasteiger partial charge >= 0.3 is 0 Å². The zero-order valence-corrected chi connectivity index (χ0v) is 34.9. The van der Waals surface area contributed by atoms with Crippen LogP contribution in [0.5, 0.6) is 0 Å². The molecule has 1 aliphatic carbocycles. The van der Waals surface area contributed by atoms with Crippen LogP contribution in [0.25, 0.3) is 66.4 Å². The summed E-state index contributed by atoms with van der Waals surface area (Å²) in [6.45, 7) is 7.91. The molecule has 0 bridgehead atoms. The van der Waals surface area contributed by atoms with E-state index in [0.29, 0.717) is 22.2 Å². The molecule has 8 aromatic rings. The van der Waals surface area contributed by atoms with Gasteiger partial charge in [0.1, 0.15) is 5.58 Å². The number of pyridine rings is 3. The molecule has 4 heterocycles. The van der Waals surface area contributed by atoms with Gasteiger partial charge in [0, 0.05) is 51.5 Å². The number of aromatic nitrogens is 3. The average Bonchev–Trinajstić information content (AvgIpc) is 3.64. The van der Waals surface area contributed by atoms with Gasteiger partial charge in [0.25, 0.3) is 0 Å². The van der Waals surface area contributed by atoms with Crippen molar-refractivity contribution in [3.05, 3.63) is 151 Å². The minimum absolute atomic E-state index is 0. The Hall–Kier alpha value is -4.96. The van der Waals surface area contributed by atoms with Crippen molar-refractivity contribution in [3.8, 4) is 33.6 Å². The van der Waals surface area contributed by atoms with Gasteiger partial charge in [-0.3, -0.25) is 0 Å². The Balaban J connectivity index is 0.000000208. The van der Waals surface area contributed by atoms with Gasteiger partial charge in [0.05, 0.1) is 5.58 Å². The van der Waals surface area contributed by atoms with Gasteiger partial charge in [-0.25, -0.2) is 0 Å². The molecule has 0 amide bonds. The van der Waals surface area contributed by atoms with E-state index in [2.05, 4.69) is 109 Å². The van der Waals surface area contributed by atoms with E-state index in [1.54, 1.807) is 18.2 Å². The van der Waals surface area contributed by atoms with Crippen LogP contribution in [0, 0.1) is 29.9 Å². The largest absolute Gasteiger partial charge is 0.500 e. The van der Waals surface area contributed by atoms with Crippen molar-refractivity contribution in [1.82, 2.24) is 15.0 Å². The molecule has 56 heavy (non-hydrogen) atoms. The van der Waals surface area contributed by atoms with E-state index in [4.69, 9.17) is 17.6 Å². The number of benzene rings is 4. The summed E-state index contributed by atoms with van der Waals surface area (Å²) in [6, 6.07) is 39.3. The first-order chi connectivity index (χ1) is 28.8. The van der Waals surface area contributed by atoms with Gasteiger partial charge in [-0.05, 0) is 106 Å². The average molecular weight is 918 g/mol. The first-order valence-electron chi connectivity index (χ1n) is 22.0. The Labute approximate surface area is 353 Å². The molecule has 0 saturated heterocycles. The third kappa shape index (κ3) is 8.70. The van der Waals surface area contributed by atoms with Gasteiger partial charge in [-0.2, -0.15) is 0 Å². The summed E-state index contributed by atoms with van der Waals surface area (Å²) >= 11 is 0. The third-order valence-electron chi connectivity index (χ3n) is 10.4. The zero-order valence-electron chi connectivity index (χ0n) is 38.5. The fourth-order valence-electron chi connectivity index (χ4n) is 7.38. The van der Waals surface area contributed by atoms with Crippen LogP contribution in [0.3, 0.4) is 0 Å². The van der Waals surface area contributed by atoms with Crippen LogP contribution in [-0.4, -0.2) is 15.0 Å². The number of aryl methyl sites for hydroxylation is 1. The van der Waals surface area contributed by atoms with E-state index >= 15 is 0 Å². The topological polar surface area (TPSA) is 51.8 Å². The maximum absolute atomic E-state index is 9.11. The van der Waals surface area contributed by atoms with E-state index in [1.165, 1.54) is 17.6 Å². The van der Waals surface area contributed by atoms with Crippen molar-refractivity contribution in [2.75, 3.05) is 0 Å². The van der Waals surface area contributed by atoms with Gasteiger partial charge in [-0.15, -0.1) is 35.9 Å². The molecular weight excluding hydrogens is 863 g/mol. The molecule has 0 unspecified atom stereocenters. The fraction of sp³-hybridized carbons (Fsp3) is 0.275. The van der Waals surface area contributed by atoms with E-state index in [9.17, 15) is 0 Å². The first-order valence-corrected chi connectivity index (χ1v) is 19.0. The summed E-state index contributed by atoms with van der Waals surface area (Å²) in [7, 11) is 0. The predicted octanol–water partition coefficient (Wildman–Crippen LogP) is 13.8. The molecule has 285 valence electrons. The molecule has 0 atom stereocenters. The monoisotopic (exact) mass is 918 g/mol. The Morgan fingerprint density at radius 3 is 2.32 bits per heavy atom. The third-order valence-corrected chi connectivity index (χ3v) is 10.4. The molecule has 0 aliphatic heterocycles. The van der Waals surface area contributed by atoms with Crippen molar-refractivity contribution >= 4 is 32.7 Å². The number of fused-ring (bicyclic) bond motifs is 5. The van der Waals surface area contributed by atoms with Gasteiger partial charge < -0.3 is 19.4 Å². The second-order valence-corrected chi connectivity index (χ2v) is 16.3. The van der Waals surface area contributed by atoms with Crippen LogP contribution in [-0.2, 0) is 26.5 Å². The predicted molar refractivity (Wildman–Crippen MR) is 228 cm³/mol. The smallest absolute Gasteiger partial charge is 0.128 e. The summed E-state index contributed by atoms with van der Waals surface area (Å²) in [6.07, 6.45) is 8.59. The van der Waals surface area contributed by atoms with Gasteiger partial charge in [0.2, 0.25) is 0 Å². The van der Waals surface area contributed by atoms with Crippen molar-refractivity contribution in [3.63, 3.8) is 0 Å². The van der Waals surface area contributed by atoms with Gasteiger partial charge in [0.15, 0.2) is 0 Å². The van der Waals surface area contributed by atoms with Crippen molar-refractivity contribution in [2.45, 2.75) is 79.4 Å². The van der Waals surface area contributed by atoms with E-state index in [0.717, 1.165) is 81.0 Å². The van der Waals surface area contributed by atoms with Crippen molar-refractivity contribution < 1.29 is 32.7 Å². The molecule has 4 nitrogen and oxygen atoms in total. The Morgan fingerprint density at radius 1 is 0.821 bits per heavy atom. The number of nitrogens with zero attached hydrogens (tertiary/aromatic N) is 3. The van der Waals surface area contributed by atoms with Crippen LogP contribution >= 0.6 is 0 Å². The standard InChI is InChI=1S/C35H30NO.C16H19N2.Ir/c1-35(2)19-16-25(17-20-35)23-10-12-24(13-11-23)27-18-21-36-32(22-27)31-9-5-8-29-30-15-14-26-6-3-4-7-28(26)33(30)37-34(29)31;1-12-5-7-14(11-17-12)15-8-6-13(10-18-15)9-16(2,3)4;/h3-8,10-15,18,21-22,25H,16-17,19-20H2,1-2H3;5-8,10H,9H2,1-4H3;/q2*-1;/i25D;1D3,9D2;. The molecular formula is C51H49IrN3O-2.